The minimum absolute atomic E-state index is 0.0613. The lowest BCUT2D eigenvalue weighted by molar-refractivity contribution is -0.167. The molecule has 6 heteroatoms. The molecular weight excluding hydrogens is 769 g/mol. The summed E-state index contributed by atoms with van der Waals surface area (Å²) in [5.41, 5.74) is 0. The van der Waals surface area contributed by atoms with Gasteiger partial charge in [0.05, 0.1) is 0 Å². The highest BCUT2D eigenvalue weighted by atomic mass is 16.6. The number of esters is 3. The number of carbonyl (C=O) groups is 3. The second-order valence-corrected chi connectivity index (χ2v) is 19.2. The second kappa shape index (κ2) is 52.0. The Kier molecular flexibility index (Phi) is 50.7. The van der Waals surface area contributed by atoms with Crippen LogP contribution in [0.15, 0.2) is 0 Å². The number of hydrogen-bond donors (Lipinski definition) is 0. The van der Waals surface area contributed by atoms with E-state index >= 15 is 0 Å². The van der Waals surface area contributed by atoms with Gasteiger partial charge in [0.2, 0.25) is 0 Å². The zero-order valence-electron chi connectivity index (χ0n) is 42.2. The minimum Gasteiger partial charge on any atom is -0.462 e. The van der Waals surface area contributed by atoms with Crippen molar-refractivity contribution in [2.24, 2.45) is 0 Å². The van der Waals surface area contributed by atoms with Crippen molar-refractivity contribution < 1.29 is 28.6 Å². The molecule has 0 saturated heterocycles. The fraction of sp³-hybridized carbons (Fsp3) is 0.946. The zero-order valence-corrected chi connectivity index (χ0v) is 42.2. The zero-order chi connectivity index (χ0) is 45.1. The first kappa shape index (κ1) is 60.4. The molecule has 0 unspecified atom stereocenters. The van der Waals surface area contributed by atoms with Gasteiger partial charge in [-0.15, -0.1) is 0 Å². The fourth-order valence-corrected chi connectivity index (χ4v) is 8.62. The van der Waals surface area contributed by atoms with Crippen LogP contribution in [0.2, 0.25) is 0 Å². The third-order valence-corrected chi connectivity index (χ3v) is 12.9. The molecule has 0 aliphatic carbocycles. The standard InChI is InChI=1S/C56H108O6/c1-4-7-10-13-16-19-22-25-27-28-29-30-32-35-38-41-44-47-50-56(59)62-53(51-60-54(57)48-45-42-39-36-33-24-21-18-15-12-9-6-3)52-61-55(58)49-46-43-40-37-34-31-26-23-20-17-14-11-8-5-2/h53H,4-52H2,1-3H3/t53-/m0/s1. The van der Waals surface area contributed by atoms with Crippen LogP contribution in [0.4, 0.5) is 0 Å². The molecule has 0 saturated carbocycles. The highest BCUT2D eigenvalue weighted by molar-refractivity contribution is 5.71. The SMILES string of the molecule is CCCCCCCCCCCCCCCCCCCCC(=O)O[C@@H](COC(=O)CCCCCCCCCCCCCC)COC(=O)CCCCCCCCCCCCCCCC. The van der Waals surface area contributed by atoms with Crippen LogP contribution in [0.1, 0.15) is 323 Å². The summed E-state index contributed by atoms with van der Waals surface area (Å²) in [7, 11) is 0. The molecule has 368 valence electrons. The Morgan fingerprint density at radius 3 is 0.645 bits per heavy atom. The smallest absolute Gasteiger partial charge is 0.306 e. The maximum absolute atomic E-state index is 12.8. The minimum atomic E-state index is -0.760. The number of ether oxygens (including phenoxy) is 3. The molecular formula is C56H108O6. The molecule has 6 nitrogen and oxygen atoms in total. The van der Waals surface area contributed by atoms with Crippen molar-refractivity contribution in [1.29, 1.82) is 0 Å². The predicted molar refractivity (Wildman–Crippen MR) is 266 cm³/mol. The van der Waals surface area contributed by atoms with Crippen LogP contribution in [-0.2, 0) is 28.6 Å². The van der Waals surface area contributed by atoms with E-state index in [0.717, 1.165) is 57.8 Å². The van der Waals surface area contributed by atoms with E-state index in [4.69, 9.17) is 14.2 Å². The predicted octanol–water partition coefficient (Wildman–Crippen LogP) is 18.4. The summed E-state index contributed by atoms with van der Waals surface area (Å²) in [4.78, 5) is 38.0. The third kappa shape index (κ3) is 49.4. The van der Waals surface area contributed by atoms with Gasteiger partial charge in [0, 0.05) is 19.3 Å². The van der Waals surface area contributed by atoms with Crippen LogP contribution >= 0.6 is 0 Å². The molecule has 0 radical (unpaired) electrons. The van der Waals surface area contributed by atoms with E-state index in [1.54, 1.807) is 0 Å². The largest absolute Gasteiger partial charge is 0.462 e. The maximum Gasteiger partial charge on any atom is 0.306 e. The highest BCUT2D eigenvalue weighted by Crippen LogP contribution is 2.17. The average Bonchev–Trinajstić information content (AvgIpc) is 3.27. The van der Waals surface area contributed by atoms with E-state index in [1.165, 1.54) is 225 Å². The molecule has 0 aromatic carbocycles. The van der Waals surface area contributed by atoms with Crippen LogP contribution in [-0.4, -0.2) is 37.2 Å². The van der Waals surface area contributed by atoms with E-state index < -0.39 is 6.10 Å². The summed E-state index contributed by atoms with van der Waals surface area (Å²) in [5, 5.41) is 0. The van der Waals surface area contributed by atoms with Crippen molar-refractivity contribution in [2.75, 3.05) is 13.2 Å². The van der Waals surface area contributed by atoms with Gasteiger partial charge in [0.25, 0.3) is 0 Å². The van der Waals surface area contributed by atoms with Gasteiger partial charge in [-0.3, -0.25) is 14.4 Å². The summed E-state index contributed by atoms with van der Waals surface area (Å²) < 4.78 is 16.9. The van der Waals surface area contributed by atoms with Gasteiger partial charge >= 0.3 is 17.9 Å². The highest BCUT2D eigenvalue weighted by Gasteiger charge is 2.19. The van der Waals surface area contributed by atoms with Gasteiger partial charge in [-0.1, -0.05) is 284 Å². The lowest BCUT2D eigenvalue weighted by Gasteiger charge is -2.18. The summed E-state index contributed by atoms with van der Waals surface area (Å²) in [6.07, 6.45) is 56.6. The fourth-order valence-electron chi connectivity index (χ4n) is 8.62. The van der Waals surface area contributed by atoms with Gasteiger partial charge in [0.1, 0.15) is 13.2 Å². The molecule has 62 heavy (non-hydrogen) atoms. The van der Waals surface area contributed by atoms with E-state index in [9.17, 15) is 14.4 Å². The molecule has 0 aliphatic rings. The quantitative estimate of drug-likeness (QED) is 0.0344. The van der Waals surface area contributed by atoms with Crippen molar-refractivity contribution in [3.63, 3.8) is 0 Å². The maximum atomic E-state index is 12.8. The van der Waals surface area contributed by atoms with Crippen LogP contribution < -0.4 is 0 Å². The van der Waals surface area contributed by atoms with Gasteiger partial charge in [0.15, 0.2) is 6.10 Å². The molecule has 0 amide bonds. The number of rotatable bonds is 52. The van der Waals surface area contributed by atoms with Crippen LogP contribution in [0.5, 0.6) is 0 Å². The first-order valence-electron chi connectivity index (χ1n) is 28.0. The molecule has 0 fully saturated rings. The van der Waals surface area contributed by atoms with Crippen molar-refractivity contribution in [2.45, 2.75) is 329 Å². The first-order valence-corrected chi connectivity index (χ1v) is 28.0. The lowest BCUT2D eigenvalue weighted by Crippen LogP contribution is -2.30. The lowest BCUT2D eigenvalue weighted by atomic mass is 10.0. The van der Waals surface area contributed by atoms with Crippen LogP contribution in [0.3, 0.4) is 0 Å². The Morgan fingerprint density at radius 2 is 0.435 bits per heavy atom. The molecule has 1 atom stereocenters. The monoisotopic (exact) mass is 877 g/mol. The van der Waals surface area contributed by atoms with Gasteiger partial charge in [-0.25, -0.2) is 0 Å². The Bertz CT molecular complexity index is 920. The molecule has 0 aliphatic heterocycles. The Morgan fingerprint density at radius 1 is 0.258 bits per heavy atom. The van der Waals surface area contributed by atoms with Crippen molar-refractivity contribution >= 4 is 17.9 Å². The van der Waals surface area contributed by atoms with E-state index in [0.29, 0.717) is 19.3 Å². The summed E-state index contributed by atoms with van der Waals surface area (Å²) >= 11 is 0. The van der Waals surface area contributed by atoms with Gasteiger partial charge < -0.3 is 14.2 Å². The molecule has 0 aromatic rings. The second-order valence-electron chi connectivity index (χ2n) is 19.2. The normalized spacial score (nSPS) is 11.9. The van der Waals surface area contributed by atoms with Gasteiger partial charge in [-0.2, -0.15) is 0 Å². The molecule has 0 spiro atoms. The summed E-state index contributed by atoms with van der Waals surface area (Å²) in [5.74, 6) is -0.835. The number of hydrogen-bond acceptors (Lipinski definition) is 6. The third-order valence-electron chi connectivity index (χ3n) is 12.9. The van der Waals surface area contributed by atoms with Crippen molar-refractivity contribution in [3.05, 3.63) is 0 Å². The van der Waals surface area contributed by atoms with E-state index in [-0.39, 0.29) is 31.1 Å². The van der Waals surface area contributed by atoms with Crippen LogP contribution in [0, 0.1) is 0 Å². The first-order chi connectivity index (χ1) is 30.5. The van der Waals surface area contributed by atoms with Crippen LogP contribution in [0.25, 0.3) is 0 Å². The molecule has 0 bridgehead atoms. The van der Waals surface area contributed by atoms with Crippen molar-refractivity contribution in [1.82, 2.24) is 0 Å². The Balaban J connectivity index is 4.27. The molecule has 0 rings (SSSR count). The Hall–Kier alpha value is -1.59. The summed E-state index contributed by atoms with van der Waals surface area (Å²) in [6.45, 7) is 6.70. The summed E-state index contributed by atoms with van der Waals surface area (Å²) in [6, 6.07) is 0. The van der Waals surface area contributed by atoms with E-state index in [1.807, 2.05) is 0 Å². The topological polar surface area (TPSA) is 78.9 Å². The van der Waals surface area contributed by atoms with Crippen molar-refractivity contribution in [3.8, 4) is 0 Å². The number of unbranched alkanes of at least 4 members (excludes halogenated alkanes) is 41. The van der Waals surface area contributed by atoms with Gasteiger partial charge in [-0.05, 0) is 19.3 Å². The molecule has 0 aromatic heterocycles. The number of carbonyl (C=O) groups excluding carboxylic acids is 3. The van der Waals surface area contributed by atoms with E-state index in [2.05, 4.69) is 20.8 Å². The molecule has 0 N–H and O–H groups in total. The molecule has 0 heterocycles. The Labute approximate surface area is 387 Å². The average molecular weight is 877 g/mol.